The highest BCUT2D eigenvalue weighted by molar-refractivity contribution is 6.01. The Morgan fingerprint density at radius 1 is 0.971 bits per heavy atom. The van der Waals surface area contributed by atoms with Crippen molar-refractivity contribution in [2.45, 2.75) is 25.4 Å². The van der Waals surface area contributed by atoms with Gasteiger partial charge in [0.1, 0.15) is 0 Å². The summed E-state index contributed by atoms with van der Waals surface area (Å²) >= 11 is 0. The van der Waals surface area contributed by atoms with E-state index in [4.69, 9.17) is 14.2 Å². The molecule has 2 aromatic carbocycles. The number of likely N-dealkylation sites (tertiary alicyclic amines) is 1. The number of amides is 3. The predicted octanol–water partition coefficient (Wildman–Crippen LogP) is 2.16. The topological polar surface area (TPSA) is 97.4 Å². The molecule has 0 bridgehead atoms. The Kier molecular flexibility index (Phi) is 7.99. The summed E-state index contributed by atoms with van der Waals surface area (Å²) in [5.74, 6) is 0.796. The predicted molar refractivity (Wildman–Crippen MR) is 128 cm³/mol. The van der Waals surface area contributed by atoms with Crippen molar-refractivity contribution < 1.29 is 28.6 Å². The maximum absolute atomic E-state index is 12.9. The van der Waals surface area contributed by atoms with Crippen molar-refractivity contribution in [3.05, 3.63) is 59.2 Å². The molecule has 0 aliphatic carbocycles. The molecule has 2 fully saturated rings. The minimum atomic E-state index is -0.191. The van der Waals surface area contributed by atoms with Crippen LogP contribution in [0.5, 0.6) is 11.5 Å². The normalized spacial score (nSPS) is 17.4. The number of hydrogen-bond donors (Lipinski definition) is 1. The fraction of sp³-hybridized carbons (Fsp3) is 0.423. The summed E-state index contributed by atoms with van der Waals surface area (Å²) in [6.07, 6.45) is 0.535. The molecule has 2 aliphatic heterocycles. The third-order valence-corrected chi connectivity index (χ3v) is 6.45. The fourth-order valence-electron chi connectivity index (χ4n) is 4.44. The van der Waals surface area contributed by atoms with Gasteiger partial charge in [0, 0.05) is 38.0 Å². The second-order valence-corrected chi connectivity index (χ2v) is 8.56. The SMILES string of the molecule is COc1ccc(C(CNC(=O)c2ccc(CN3C(=O)CCC3=O)cc2)N2CCOCC2)cc1OC. The Morgan fingerprint density at radius 3 is 2.26 bits per heavy atom. The third-order valence-electron chi connectivity index (χ3n) is 6.45. The van der Waals surface area contributed by atoms with Gasteiger partial charge in [-0.15, -0.1) is 0 Å². The lowest BCUT2D eigenvalue weighted by Crippen LogP contribution is -2.43. The van der Waals surface area contributed by atoms with E-state index in [9.17, 15) is 14.4 Å². The summed E-state index contributed by atoms with van der Waals surface area (Å²) in [6.45, 7) is 3.45. The van der Waals surface area contributed by atoms with E-state index in [1.54, 1.807) is 38.5 Å². The van der Waals surface area contributed by atoms with E-state index < -0.39 is 0 Å². The smallest absolute Gasteiger partial charge is 0.251 e. The Balaban J connectivity index is 1.44. The summed E-state index contributed by atoms with van der Waals surface area (Å²) in [5, 5.41) is 3.06. The van der Waals surface area contributed by atoms with Gasteiger partial charge >= 0.3 is 0 Å². The zero-order valence-corrected chi connectivity index (χ0v) is 20.1. The van der Waals surface area contributed by atoms with Crippen molar-refractivity contribution in [2.24, 2.45) is 0 Å². The number of imide groups is 1. The standard InChI is InChI=1S/C26H31N3O6/c1-33-22-8-7-20(15-23(22)34-2)21(28-11-13-35-14-12-28)16-27-26(32)19-5-3-18(4-6-19)17-29-24(30)9-10-25(29)31/h3-8,15,21H,9-14,16-17H2,1-2H3,(H,27,32). The minimum absolute atomic E-state index is 0.0610. The van der Waals surface area contributed by atoms with Gasteiger partial charge in [-0.05, 0) is 35.4 Å². The van der Waals surface area contributed by atoms with Crippen molar-refractivity contribution in [1.82, 2.24) is 15.1 Å². The molecule has 2 aliphatic rings. The maximum atomic E-state index is 12.9. The quantitative estimate of drug-likeness (QED) is 0.548. The summed E-state index contributed by atoms with van der Waals surface area (Å²) in [5.41, 5.74) is 2.34. The lowest BCUT2D eigenvalue weighted by atomic mass is 10.0. The first-order valence-electron chi connectivity index (χ1n) is 11.7. The van der Waals surface area contributed by atoms with Gasteiger partial charge in [-0.2, -0.15) is 0 Å². The molecule has 1 unspecified atom stereocenters. The van der Waals surface area contributed by atoms with Gasteiger partial charge < -0.3 is 19.5 Å². The Morgan fingerprint density at radius 2 is 1.63 bits per heavy atom. The molecule has 186 valence electrons. The molecule has 2 saturated heterocycles. The highest BCUT2D eigenvalue weighted by Gasteiger charge is 2.29. The third kappa shape index (κ3) is 5.80. The van der Waals surface area contributed by atoms with Crippen molar-refractivity contribution in [2.75, 3.05) is 47.1 Å². The zero-order chi connectivity index (χ0) is 24.8. The Hall–Kier alpha value is -3.43. The molecular weight excluding hydrogens is 450 g/mol. The van der Waals surface area contributed by atoms with Crippen molar-refractivity contribution in [1.29, 1.82) is 0 Å². The molecule has 3 amide bonds. The lowest BCUT2D eigenvalue weighted by molar-refractivity contribution is -0.139. The van der Waals surface area contributed by atoms with Gasteiger partial charge in [0.15, 0.2) is 11.5 Å². The number of rotatable bonds is 9. The first-order valence-corrected chi connectivity index (χ1v) is 11.7. The molecule has 9 heteroatoms. The fourth-order valence-corrected chi connectivity index (χ4v) is 4.44. The second kappa shape index (κ2) is 11.3. The summed E-state index contributed by atoms with van der Waals surface area (Å²) in [4.78, 5) is 40.2. The van der Waals surface area contributed by atoms with Gasteiger partial charge in [-0.1, -0.05) is 18.2 Å². The average molecular weight is 482 g/mol. The van der Waals surface area contributed by atoms with Crippen LogP contribution >= 0.6 is 0 Å². The van der Waals surface area contributed by atoms with E-state index in [-0.39, 0.29) is 43.1 Å². The number of methoxy groups -OCH3 is 2. The van der Waals surface area contributed by atoms with E-state index >= 15 is 0 Å². The van der Waals surface area contributed by atoms with Crippen LogP contribution < -0.4 is 14.8 Å². The van der Waals surface area contributed by atoms with Crippen LogP contribution in [0.1, 0.15) is 40.4 Å². The van der Waals surface area contributed by atoms with Gasteiger partial charge in [-0.25, -0.2) is 0 Å². The van der Waals surface area contributed by atoms with Gasteiger partial charge in [0.25, 0.3) is 5.91 Å². The number of morpholine rings is 1. The van der Waals surface area contributed by atoms with Crippen molar-refractivity contribution in [3.63, 3.8) is 0 Å². The number of benzene rings is 2. The van der Waals surface area contributed by atoms with Crippen LogP contribution in [-0.4, -0.2) is 74.6 Å². The van der Waals surface area contributed by atoms with Gasteiger partial charge in [0.05, 0.1) is 40.0 Å². The lowest BCUT2D eigenvalue weighted by Gasteiger charge is -2.35. The Labute approximate surface area is 204 Å². The van der Waals surface area contributed by atoms with Crippen LogP contribution in [-0.2, 0) is 20.9 Å². The number of nitrogens with zero attached hydrogens (tertiary/aromatic N) is 2. The van der Waals surface area contributed by atoms with Gasteiger partial charge in [-0.3, -0.25) is 24.2 Å². The minimum Gasteiger partial charge on any atom is -0.493 e. The van der Waals surface area contributed by atoms with Crippen LogP contribution in [0.4, 0.5) is 0 Å². The number of hydrogen-bond acceptors (Lipinski definition) is 7. The molecule has 35 heavy (non-hydrogen) atoms. The zero-order valence-electron chi connectivity index (χ0n) is 20.1. The van der Waals surface area contributed by atoms with Crippen molar-refractivity contribution >= 4 is 17.7 Å². The highest BCUT2D eigenvalue weighted by atomic mass is 16.5. The molecule has 1 N–H and O–H groups in total. The van der Waals surface area contributed by atoms with E-state index in [0.29, 0.717) is 36.8 Å². The van der Waals surface area contributed by atoms with E-state index in [1.165, 1.54) is 4.90 Å². The number of carbonyl (C=O) groups is 3. The molecule has 9 nitrogen and oxygen atoms in total. The monoisotopic (exact) mass is 481 g/mol. The van der Waals surface area contributed by atoms with E-state index in [0.717, 1.165) is 24.2 Å². The van der Waals surface area contributed by atoms with E-state index in [2.05, 4.69) is 10.2 Å². The molecule has 1 atom stereocenters. The number of carbonyl (C=O) groups excluding carboxylic acids is 3. The van der Waals surface area contributed by atoms with Gasteiger partial charge in [0.2, 0.25) is 11.8 Å². The summed E-state index contributed by atoms with van der Waals surface area (Å²) in [7, 11) is 3.20. The van der Waals surface area contributed by atoms with Crippen LogP contribution in [0.25, 0.3) is 0 Å². The first-order chi connectivity index (χ1) is 17.0. The first kappa shape index (κ1) is 24.7. The summed E-state index contributed by atoms with van der Waals surface area (Å²) < 4.78 is 16.4. The van der Waals surface area contributed by atoms with Crippen LogP contribution in [0.3, 0.4) is 0 Å². The second-order valence-electron chi connectivity index (χ2n) is 8.56. The molecule has 0 aromatic heterocycles. The maximum Gasteiger partial charge on any atom is 0.251 e. The molecule has 2 aromatic rings. The van der Waals surface area contributed by atoms with Crippen LogP contribution in [0.15, 0.2) is 42.5 Å². The number of ether oxygens (including phenoxy) is 3. The van der Waals surface area contributed by atoms with E-state index in [1.807, 2.05) is 18.2 Å². The molecule has 4 rings (SSSR count). The highest BCUT2D eigenvalue weighted by Crippen LogP contribution is 2.32. The van der Waals surface area contributed by atoms with Crippen LogP contribution in [0, 0.1) is 0 Å². The van der Waals surface area contributed by atoms with Crippen molar-refractivity contribution in [3.8, 4) is 11.5 Å². The molecule has 2 heterocycles. The average Bonchev–Trinajstić information content (AvgIpc) is 3.21. The summed E-state index contributed by atoms with van der Waals surface area (Å²) in [6, 6.07) is 12.7. The largest absolute Gasteiger partial charge is 0.493 e. The number of nitrogens with one attached hydrogen (secondary N) is 1. The molecule has 0 radical (unpaired) electrons. The van der Waals surface area contributed by atoms with Crippen LogP contribution in [0.2, 0.25) is 0 Å². The molecule has 0 spiro atoms. The molecule has 0 saturated carbocycles. The molecular formula is C26H31N3O6. The Bertz CT molecular complexity index is 1050.